The molecule has 0 aliphatic heterocycles. The summed E-state index contributed by atoms with van der Waals surface area (Å²) in [5.74, 6) is -0.127. The third kappa shape index (κ3) is 5.04. The van der Waals surface area contributed by atoms with Gasteiger partial charge in [0.15, 0.2) is 5.78 Å². The molecule has 0 heterocycles. The molecular formula is C9H16O3. The SMILES string of the molecule is CCC[C@@H](O)[C@H](O)/C=C/C(C)=O. The van der Waals surface area contributed by atoms with Gasteiger partial charge in [-0.2, -0.15) is 0 Å². The van der Waals surface area contributed by atoms with Crippen LogP contribution in [0, 0.1) is 0 Å². The summed E-state index contributed by atoms with van der Waals surface area (Å²) in [6.45, 7) is 3.32. The quantitative estimate of drug-likeness (QED) is 0.599. The summed E-state index contributed by atoms with van der Waals surface area (Å²) in [6, 6.07) is 0. The molecule has 0 saturated heterocycles. The van der Waals surface area contributed by atoms with E-state index in [1.165, 1.54) is 19.1 Å². The van der Waals surface area contributed by atoms with E-state index in [0.29, 0.717) is 6.42 Å². The maximum atomic E-state index is 10.4. The molecule has 70 valence electrons. The lowest BCUT2D eigenvalue weighted by molar-refractivity contribution is -0.112. The highest BCUT2D eigenvalue weighted by Crippen LogP contribution is 2.03. The van der Waals surface area contributed by atoms with E-state index in [-0.39, 0.29) is 5.78 Å². The summed E-state index contributed by atoms with van der Waals surface area (Å²) in [6.07, 6.45) is 2.27. The van der Waals surface area contributed by atoms with Gasteiger partial charge in [0.25, 0.3) is 0 Å². The fourth-order valence-electron chi connectivity index (χ4n) is 0.829. The largest absolute Gasteiger partial charge is 0.390 e. The van der Waals surface area contributed by atoms with Crippen LogP contribution in [0.4, 0.5) is 0 Å². The van der Waals surface area contributed by atoms with E-state index in [9.17, 15) is 15.0 Å². The summed E-state index contributed by atoms with van der Waals surface area (Å²) in [4.78, 5) is 10.4. The zero-order valence-electron chi connectivity index (χ0n) is 7.53. The first kappa shape index (κ1) is 11.3. The molecule has 0 fully saturated rings. The second kappa shape index (κ2) is 5.91. The maximum Gasteiger partial charge on any atom is 0.152 e. The van der Waals surface area contributed by atoms with Crippen molar-refractivity contribution in [3.63, 3.8) is 0 Å². The Labute approximate surface area is 72.7 Å². The number of aliphatic hydroxyl groups is 2. The van der Waals surface area contributed by atoms with E-state index >= 15 is 0 Å². The minimum atomic E-state index is -0.922. The van der Waals surface area contributed by atoms with Crippen LogP contribution in [0.2, 0.25) is 0 Å². The number of allylic oxidation sites excluding steroid dienone is 1. The van der Waals surface area contributed by atoms with Gasteiger partial charge in [-0.3, -0.25) is 4.79 Å². The van der Waals surface area contributed by atoms with Crippen molar-refractivity contribution in [1.29, 1.82) is 0 Å². The normalized spacial score (nSPS) is 16.3. The van der Waals surface area contributed by atoms with Gasteiger partial charge in [0.2, 0.25) is 0 Å². The Morgan fingerprint density at radius 2 is 2.08 bits per heavy atom. The minimum Gasteiger partial charge on any atom is -0.390 e. The summed E-state index contributed by atoms with van der Waals surface area (Å²) < 4.78 is 0. The molecule has 3 heteroatoms. The highest BCUT2D eigenvalue weighted by atomic mass is 16.3. The molecule has 0 bridgehead atoms. The molecule has 3 nitrogen and oxygen atoms in total. The Morgan fingerprint density at radius 3 is 2.50 bits per heavy atom. The zero-order valence-corrected chi connectivity index (χ0v) is 7.53. The average Bonchev–Trinajstić information content (AvgIpc) is 2.00. The zero-order chi connectivity index (χ0) is 9.56. The summed E-state index contributed by atoms with van der Waals surface area (Å²) in [5, 5.41) is 18.4. The molecule has 0 aromatic carbocycles. The number of hydrogen-bond acceptors (Lipinski definition) is 3. The standard InChI is InChI=1S/C9H16O3/c1-3-4-8(11)9(12)6-5-7(2)10/h5-6,8-9,11-12H,3-4H2,1-2H3/b6-5+/t8-,9-/m1/s1. The lowest BCUT2D eigenvalue weighted by Crippen LogP contribution is -2.23. The van der Waals surface area contributed by atoms with Crippen LogP contribution >= 0.6 is 0 Å². The Bertz CT molecular complexity index is 163. The molecular weight excluding hydrogens is 156 g/mol. The van der Waals surface area contributed by atoms with Crippen LogP contribution in [0.3, 0.4) is 0 Å². The van der Waals surface area contributed by atoms with Gasteiger partial charge in [-0.05, 0) is 19.4 Å². The number of ketones is 1. The van der Waals surface area contributed by atoms with Crippen LogP contribution in [0.15, 0.2) is 12.2 Å². The smallest absolute Gasteiger partial charge is 0.152 e. The fourth-order valence-corrected chi connectivity index (χ4v) is 0.829. The van der Waals surface area contributed by atoms with Gasteiger partial charge in [0, 0.05) is 0 Å². The second-order valence-electron chi connectivity index (χ2n) is 2.82. The minimum absolute atomic E-state index is 0.127. The highest BCUT2D eigenvalue weighted by Gasteiger charge is 2.11. The molecule has 0 radical (unpaired) electrons. The number of carbonyl (C=O) groups excluding carboxylic acids is 1. The Balaban J connectivity index is 3.85. The van der Waals surface area contributed by atoms with Gasteiger partial charge < -0.3 is 10.2 Å². The maximum absolute atomic E-state index is 10.4. The summed E-state index contributed by atoms with van der Waals surface area (Å²) in [5.41, 5.74) is 0. The average molecular weight is 172 g/mol. The Morgan fingerprint density at radius 1 is 1.50 bits per heavy atom. The van der Waals surface area contributed by atoms with Crippen LogP contribution in [0.5, 0.6) is 0 Å². The van der Waals surface area contributed by atoms with Crippen molar-refractivity contribution >= 4 is 5.78 Å². The molecule has 0 saturated carbocycles. The Kier molecular flexibility index (Phi) is 5.58. The van der Waals surface area contributed by atoms with E-state index in [4.69, 9.17) is 0 Å². The molecule has 2 atom stereocenters. The third-order valence-electron chi connectivity index (χ3n) is 1.51. The molecule has 0 rings (SSSR count). The molecule has 2 N–H and O–H groups in total. The van der Waals surface area contributed by atoms with Crippen molar-refractivity contribution < 1.29 is 15.0 Å². The van der Waals surface area contributed by atoms with Crippen molar-refractivity contribution in [2.45, 2.75) is 38.9 Å². The molecule has 0 amide bonds. The van der Waals surface area contributed by atoms with Gasteiger partial charge in [-0.25, -0.2) is 0 Å². The number of hydrogen-bond donors (Lipinski definition) is 2. The molecule has 0 aliphatic carbocycles. The van der Waals surface area contributed by atoms with E-state index in [1.54, 1.807) is 0 Å². The van der Waals surface area contributed by atoms with E-state index in [1.807, 2.05) is 6.92 Å². The number of rotatable bonds is 5. The van der Waals surface area contributed by atoms with Gasteiger partial charge in [0.05, 0.1) is 12.2 Å². The second-order valence-corrected chi connectivity index (χ2v) is 2.82. The predicted molar refractivity (Wildman–Crippen MR) is 46.7 cm³/mol. The van der Waals surface area contributed by atoms with Crippen molar-refractivity contribution in [1.82, 2.24) is 0 Å². The predicted octanol–water partition coefficient (Wildman–Crippen LogP) is 0.654. The van der Waals surface area contributed by atoms with Crippen LogP contribution in [-0.4, -0.2) is 28.2 Å². The third-order valence-corrected chi connectivity index (χ3v) is 1.51. The van der Waals surface area contributed by atoms with Crippen LogP contribution in [0.25, 0.3) is 0 Å². The monoisotopic (exact) mass is 172 g/mol. The first-order valence-corrected chi connectivity index (χ1v) is 4.12. The van der Waals surface area contributed by atoms with Crippen LogP contribution in [0.1, 0.15) is 26.7 Å². The summed E-state index contributed by atoms with van der Waals surface area (Å²) >= 11 is 0. The lowest BCUT2D eigenvalue weighted by Gasteiger charge is -2.12. The molecule has 0 aromatic rings. The first-order chi connectivity index (χ1) is 5.57. The van der Waals surface area contributed by atoms with Crippen molar-refractivity contribution in [2.24, 2.45) is 0 Å². The highest BCUT2D eigenvalue weighted by molar-refractivity contribution is 5.87. The summed E-state index contributed by atoms with van der Waals surface area (Å²) in [7, 11) is 0. The molecule has 0 aliphatic rings. The van der Waals surface area contributed by atoms with Gasteiger partial charge in [0.1, 0.15) is 0 Å². The van der Waals surface area contributed by atoms with Crippen LogP contribution < -0.4 is 0 Å². The van der Waals surface area contributed by atoms with E-state index in [2.05, 4.69) is 0 Å². The lowest BCUT2D eigenvalue weighted by atomic mass is 10.1. The fraction of sp³-hybridized carbons (Fsp3) is 0.667. The molecule has 0 unspecified atom stereocenters. The van der Waals surface area contributed by atoms with Crippen molar-refractivity contribution in [3.8, 4) is 0 Å². The van der Waals surface area contributed by atoms with E-state index in [0.717, 1.165) is 6.42 Å². The number of aliphatic hydroxyl groups excluding tert-OH is 2. The van der Waals surface area contributed by atoms with E-state index < -0.39 is 12.2 Å². The van der Waals surface area contributed by atoms with Crippen molar-refractivity contribution in [2.75, 3.05) is 0 Å². The van der Waals surface area contributed by atoms with Gasteiger partial charge in [-0.1, -0.05) is 19.4 Å². The van der Waals surface area contributed by atoms with Crippen molar-refractivity contribution in [3.05, 3.63) is 12.2 Å². The first-order valence-electron chi connectivity index (χ1n) is 4.12. The molecule has 12 heavy (non-hydrogen) atoms. The van der Waals surface area contributed by atoms with Crippen LogP contribution in [-0.2, 0) is 4.79 Å². The number of carbonyl (C=O) groups is 1. The van der Waals surface area contributed by atoms with Gasteiger partial charge >= 0.3 is 0 Å². The molecule has 0 spiro atoms. The molecule has 0 aromatic heterocycles. The topological polar surface area (TPSA) is 57.5 Å². The van der Waals surface area contributed by atoms with Gasteiger partial charge in [-0.15, -0.1) is 0 Å². The Hall–Kier alpha value is -0.670.